The van der Waals surface area contributed by atoms with E-state index in [-0.39, 0.29) is 5.75 Å². The Morgan fingerprint density at radius 2 is 1.77 bits per heavy atom. The number of halogens is 2. The molecule has 0 N–H and O–H groups in total. The van der Waals surface area contributed by atoms with E-state index in [2.05, 4.69) is 6.92 Å². The number of rotatable bonds is 11. The lowest BCUT2D eigenvalue weighted by Gasteiger charge is -2.27. The lowest BCUT2D eigenvalue weighted by atomic mass is 9.94. The summed E-state index contributed by atoms with van der Waals surface area (Å²) in [5, 5.41) is 0. The predicted octanol–water partition coefficient (Wildman–Crippen LogP) is 6.90. The molecule has 0 saturated carbocycles. The summed E-state index contributed by atoms with van der Waals surface area (Å²) >= 11 is 0. The molecule has 148 valence electrons. The van der Waals surface area contributed by atoms with Gasteiger partial charge in [0.15, 0.2) is 11.6 Å². The van der Waals surface area contributed by atoms with Crippen molar-refractivity contribution in [3.05, 3.63) is 29.3 Å². The molecule has 1 aromatic carbocycles. The molecule has 26 heavy (non-hydrogen) atoms. The molecular formula is C22H36F2OSi. The molecule has 1 nitrogen and oxygen atoms in total. The first kappa shape index (κ1) is 21.4. The van der Waals surface area contributed by atoms with Crippen molar-refractivity contribution in [2.24, 2.45) is 5.92 Å². The molecule has 2 rings (SSSR count). The number of ether oxygens (including phenoxy) is 1. The van der Waals surface area contributed by atoms with Gasteiger partial charge < -0.3 is 4.74 Å². The zero-order valence-electron chi connectivity index (χ0n) is 16.7. The van der Waals surface area contributed by atoms with Crippen molar-refractivity contribution >= 4 is 8.80 Å². The normalized spacial score (nSPS) is 20.3. The number of unbranched alkanes of at least 4 members (excludes halogenated alkanes) is 3. The van der Waals surface area contributed by atoms with E-state index >= 15 is 0 Å². The van der Waals surface area contributed by atoms with Crippen LogP contribution in [0.1, 0.15) is 70.8 Å². The topological polar surface area (TPSA) is 9.23 Å². The first-order valence-corrected chi connectivity index (χ1v) is 13.2. The molecule has 0 amide bonds. The predicted molar refractivity (Wildman–Crippen MR) is 109 cm³/mol. The fourth-order valence-electron chi connectivity index (χ4n) is 4.27. The third-order valence-electron chi connectivity index (χ3n) is 5.92. The van der Waals surface area contributed by atoms with E-state index in [0.717, 1.165) is 18.8 Å². The van der Waals surface area contributed by atoms with Crippen molar-refractivity contribution in [3.8, 4) is 5.75 Å². The maximum absolute atomic E-state index is 14.1. The van der Waals surface area contributed by atoms with Crippen LogP contribution >= 0.6 is 0 Å². The molecular weight excluding hydrogens is 346 g/mol. The first-order valence-electron chi connectivity index (χ1n) is 10.7. The SMILES string of the molecule is CCCCC[SiH]1CCC(CCCCc2ccc(OCC)c(F)c2F)CC1. The molecule has 1 aliphatic rings. The molecule has 0 aromatic heterocycles. The second-order valence-corrected chi connectivity index (χ2v) is 11.4. The van der Waals surface area contributed by atoms with Gasteiger partial charge >= 0.3 is 0 Å². The average molecular weight is 383 g/mol. The molecule has 4 heteroatoms. The molecule has 0 spiro atoms. The summed E-state index contributed by atoms with van der Waals surface area (Å²) in [6.07, 6.45) is 11.0. The van der Waals surface area contributed by atoms with Crippen molar-refractivity contribution in [3.63, 3.8) is 0 Å². The van der Waals surface area contributed by atoms with Gasteiger partial charge in [0.05, 0.1) is 6.61 Å². The molecule has 0 atom stereocenters. The van der Waals surface area contributed by atoms with Crippen LogP contribution in [0, 0.1) is 17.6 Å². The Balaban J connectivity index is 1.65. The monoisotopic (exact) mass is 382 g/mol. The number of hydrogen-bond donors (Lipinski definition) is 0. The molecule has 0 unspecified atom stereocenters. The third-order valence-corrected chi connectivity index (χ3v) is 9.44. The Morgan fingerprint density at radius 1 is 1.00 bits per heavy atom. The third kappa shape index (κ3) is 6.68. The molecule has 1 aromatic rings. The van der Waals surface area contributed by atoms with Gasteiger partial charge in [0, 0.05) is 8.80 Å². The second-order valence-electron chi connectivity index (χ2n) is 7.91. The van der Waals surface area contributed by atoms with Crippen molar-refractivity contribution in [2.45, 2.75) is 89.8 Å². The molecule has 1 fully saturated rings. The van der Waals surface area contributed by atoms with Gasteiger partial charge in [-0.15, -0.1) is 0 Å². The highest BCUT2D eigenvalue weighted by Crippen LogP contribution is 2.32. The van der Waals surface area contributed by atoms with Gasteiger partial charge in [-0.2, -0.15) is 4.39 Å². The van der Waals surface area contributed by atoms with Crippen LogP contribution in [-0.2, 0) is 6.42 Å². The first-order chi connectivity index (χ1) is 12.7. The Bertz CT molecular complexity index is 527. The molecule has 0 aliphatic carbocycles. The molecule has 1 aliphatic heterocycles. The number of benzene rings is 1. The summed E-state index contributed by atoms with van der Waals surface area (Å²) in [5.74, 6) is -0.661. The smallest absolute Gasteiger partial charge is 0.200 e. The van der Waals surface area contributed by atoms with Crippen molar-refractivity contribution < 1.29 is 13.5 Å². The standard InChI is InChI=1S/C22H36F2OSi/c1-3-5-8-15-26-16-13-18(14-17-26)9-6-7-10-19-11-12-20(25-4-2)22(24)21(19)23/h11-12,18,26H,3-10,13-17H2,1-2H3. The molecule has 1 heterocycles. The fourth-order valence-corrected chi connectivity index (χ4v) is 7.89. The highest BCUT2D eigenvalue weighted by atomic mass is 28.3. The van der Waals surface area contributed by atoms with E-state index < -0.39 is 20.4 Å². The summed E-state index contributed by atoms with van der Waals surface area (Å²) in [5.41, 5.74) is 0.484. The summed E-state index contributed by atoms with van der Waals surface area (Å²) in [4.78, 5) is 0. The lowest BCUT2D eigenvalue weighted by molar-refractivity contribution is 0.313. The zero-order valence-corrected chi connectivity index (χ0v) is 17.8. The van der Waals surface area contributed by atoms with Crippen LogP contribution < -0.4 is 4.74 Å². The van der Waals surface area contributed by atoms with Crippen LogP contribution in [-0.4, -0.2) is 15.4 Å². The van der Waals surface area contributed by atoms with Crippen LogP contribution in [0.3, 0.4) is 0 Å². The second kappa shape index (κ2) is 11.7. The van der Waals surface area contributed by atoms with Gasteiger partial charge in [-0.25, -0.2) is 4.39 Å². The van der Waals surface area contributed by atoms with Crippen LogP contribution in [0.4, 0.5) is 8.78 Å². The van der Waals surface area contributed by atoms with Crippen molar-refractivity contribution in [2.75, 3.05) is 6.61 Å². The quantitative estimate of drug-likeness (QED) is 0.299. The fraction of sp³-hybridized carbons (Fsp3) is 0.727. The maximum Gasteiger partial charge on any atom is 0.200 e. The highest BCUT2D eigenvalue weighted by molar-refractivity contribution is 6.58. The summed E-state index contributed by atoms with van der Waals surface area (Å²) in [7, 11) is -0.413. The lowest BCUT2D eigenvalue weighted by Crippen LogP contribution is -2.21. The molecule has 1 saturated heterocycles. The largest absolute Gasteiger partial charge is 0.491 e. The Labute approximate surface area is 160 Å². The van der Waals surface area contributed by atoms with Gasteiger partial charge in [0.1, 0.15) is 0 Å². The van der Waals surface area contributed by atoms with Crippen molar-refractivity contribution in [1.82, 2.24) is 0 Å². The van der Waals surface area contributed by atoms with Crippen LogP contribution in [0.5, 0.6) is 5.75 Å². The number of aryl methyl sites for hydroxylation is 1. The Morgan fingerprint density at radius 3 is 2.46 bits per heavy atom. The van der Waals surface area contributed by atoms with E-state index in [0.29, 0.717) is 18.6 Å². The minimum absolute atomic E-state index is 0.0219. The van der Waals surface area contributed by atoms with E-state index in [1.165, 1.54) is 50.6 Å². The summed E-state index contributed by atoms with van der Waals surface area (Å²) in [6, 6.07) is 7.86. The maximum atomic E-state index is 14.1. The Hall–Kier alpha value is -0.903. The van der Waals surface area contributed by atoms with E-state index in [1.54, 1.807) is 25.1 Å². The minimum Gasteiger partial charge on any atom is -0.491 e. The minimum atomic E-state index is -0.837. The summed E-state index contributed by atoms with van der Waals surface area (Å²) < 4.78 is 33.1. The average Bonchev–Trinajstić information content (AvgIpc) is 2.65. The summed E-state index contributed by atoms with van der Waals surface area (Å²) in [6.45, 7) is 4.40. The van der Waals surface area contributed by atoms with Gasteiger partial charge in [-0.1, -0.05) is 76.1 Å². The van der Waals surface area contributed by atoms with Crippen molar-refractivity contribution in [1.29, 1.82) is 0 Å². The van der Waals surface area contributed by atoms with E-state index in [9.17, 15) is 8.78 Å². The Kier molecular flexibility index (Phi) is 9.66. The highest BCUT2D eigenvalue weighted by Gasteiger charge is 2.21. The van der Waals surface area contributed by atoms with E-state index in [4.69, 9.17) is 4.74 Å². The zero-order chi connectivity index (χ0) is 18.8. The van der Waals surface area contributed by atoms with Gasteiger partial charge in [-0.3, -0.25) is 0 Å². The number of hydrogen-bond acceptors (Lipinski definition) is 1. The van der Waals surface area contributed by atoms with Gasteiger partial charge in [0.2, 0.25) is 5.82 Å². The molecule has 0 bridgehead atoms. The molecule has 0 radical (unpaired) electrons. The van der Waals surface area contributed by atoms with Crippen LogP contribution in [0.2, 0.25) is 18.1 Å². The van der Waals surface area contributed by atoms with Gasteiger partial charge in [-0.05, 0) is 37.3 Å². The van der Waals surface area contributed by atoms with Crippen LogP contribution in [0.15, 0.2) is 12.1 Å². The van der Waals surface area contributed by atoms with Crippen LogP contribution in [0.25, 0.3) is 0 Å². The van der Waals surface area contributed by atoms with E-state index in [1.807, 2.05) is 0 Å². The van der Waals surface area contributed by atoms with Gasteiger partial charge in [0.25, 0.3) is 0 Å².